The Labute approximate surface area is 68.1 Å². The molecule has 0 aromatic carbocycles. The molecule has 0 spiro atoms. The van der Waals surface area contributed by atoms with Crippen LogP contribution in [0.1, 0.15) is 13.8 Å². The molecule has 0 aromatic heterocycles. The van der Waals surface area contributed by atoms with Crippen molar-refractivity contribution >= 4 is 12.6 Å². The van der Waals surface area contributed by atoms with Crippen LogP contribution in [-0.2, 0) is 0 Å². The first kappa shape index (κ1) is 9.82. The molecule has 0 unspecified atom stereocenters. The molecule has 0 saturated heterocycles. The number of aliphatic imine (C=N–C) groups is 2. The lowest BCUT2D eigenvalue weighted by molar-refractivity contribution is 0.810. The summed E-state index contributed by atoms with van der Waals surface area (Å²) in [5.74, 6) is 0.441. The van der Waals surface area contributed by atoms with Gasteiger partial charge in [-0.05, 0) is 11.5 Å². The SMILES string of the molecule is C=C/N=C/N=C\C(=C)C(C)C. The van der Waals surface area contributed by atoms with Crippen LogP contribution >= 0.6 is 0 Å². The molecule has 0 aliphatic carbocycles. The zero-order valence-electron chi connectivity index (χ0n) is 7.12. The molecular formula is C9H14N2. The summed E-state index contributed by atoms with van der Waals surface area (Å²) in [4.78, 5) is 7.60. The molecule has 2 nitrogen and oxygen atoms in total. The van der Waals surface area contributed by atoms with Crippen LogP contribution in [-0.4, -0.2) is 12.6 Å². The maximum absolute atomic E-state index is 3.89. The largest absolute Gasteiger partial charge is 0.246 e. The van der Waals surface area contributed by atoms with Gasteiger partial charge in [-0.25, -0.2) is 9.98 Å². The van der Waals surface area contributed by atoms with Crippen molar-refractivity contribution in [3.8, 4) is 0 Å². The van der Waals surface area contributed by atoms with E-state index in [1.165, 1.54) is 12.5 Å². The minimum absolute atomic E-state index is 0.441. The molecule has 0 rings (SSSR count). The maximum atomic E-state index is 3.89. The van der Waals surface area contributed by atoms with Crippen LogP contribution in [0, 0.1) is 5.92 Å². The highest BCUT2D eigenvalue weighted by atomic mass is 14.8. The Balaban J connectivity index is 3.83. The summed E-state index contributed by atoms with van der Waals surface area (Å²) in [6, 6.07) is 0. The van der Waals surface area contributed by atoms with E-state index < -0.39 is 0 Å². The lowest BCUT2D eigenvalue weighted by atomic mass is 10.1. The second-order valence-corrected chi connectivity index (χ2v) is 2.45. The quantitative estimate of drug-likeness (QED) is 0.434. The maximum Gasteiger partial charge on any atom is 0.115 e. The Morgan fingerprint density at radius 2 is 2.00 bits per heavy atom. The monoisotopic (exact) mass is 150 g/mol. The highest BCUT2D eigenvalue weighted by Crippen LogP contribution is 2.02. The number of nitrogens with zero attached hydrogens (tertiary/aromatic N) is 2. The Bertz CT molecular complexity index is 188. The molecule has 0 aromatic rings. The number of hydrogen-bond acceptors (Lipinski definition) is 1. The zero-order valence-corrected chi connectivity index (χ0v) is 7.12. The van der Waals surface area contributed by atoms with E-state index in [-0.39, 0.29) is 0 Å². The fourth-order valence-electron chi connectivity index (χ4n) is 0.364. The Hall–Kier alpha value is -1.18. The number of hydrogen-bond donors (Lipinski definition) is 0. The highest BCUT2D eigenvalue weighted by Gasteiger charge is 1.93. The van der Waals surface area contributed by atoms with E-state index in [0.717, 1.165) is 5.57 Å². The molecule has 0 fully saturated rings. The number of allylic oxidation sites excluding steroid dienone is 1. The van der Waals surface area contributed by atoms with Gasteiger partial charge in [-0.15, -0.1) is 0 Å². The van der Waals surface area contributed by atoms with Crippen molar-refractivity contribution in [2.75, 3.05) is 0 Å². The van der Waals surface area contributed by atoms with Crippen LogP contribution in [0.2, 0.25) is 0 Å². The molecule has 0 atom stereocenters. The van der Waals surface area contributed by atoms with E-state index in [9.17, 15) is 0 Å². The fraction of sp³-hybridized carbons (Fsp3) is 0.333. The summed E-state index contributed by atoms with van der Waals surface area (Å²) >= 11 is 0. The summed E-state index contributed by atoms with van der Waals surface area (Å²) in [6.45, 7) is 11.4. The van der Waals surface area contributed by atoms with Gasteiger partial charge < -0.3 is 0 Å². The molecule has 0 aliphatic rings. The molecule has 0 aliphatic heterocycles. The fourth-order valence-corrected chi connectivity index (χ4v) is 0.364. The van der Waals surface area contributed by atoms with Crippen LogP contribution in [0.5, 0.6) is 0 Å². The smallest absolute Gasteiger partial charge is 0.115 e. The first-order valence-electron chi connectivity index (χ1n) is 3.53. The average molecular weight is 150 g/mol. The van der Waals surface area contributed by atoms with Crippen molar-refractivity contribution in [3.05, 3.63) is 24.9 Å². The lowest BCUT2D eigenvalue weighted by Gasteiger charge is -1.99. The zero-order chi connectivity index (χ0) is 8.69. The summed E-state index contributed by atoms with van der Waals surface area (Å²) in [5, 5.41) is 0. The van der Waals surface area contributed by atoms with Crippen LogP contribution in [0.25, 0.3) is 0 Å². The Morgan fingerprint density at radius 1 is 1.36 bits per heavy atom. The third-order valence-electron chi connectivity index (χ3n) is 1.22. The lowest BCUT2D eigenvalue weighted by Crippen LogP contribution is -1.92. The minimum atomic E-state index is 0.441. The molecule has 2 heteroatoms. The summed E-state index contributed by atoms with van der Waals surface area (Å²) in [7, 11) is 0. The second kappa shape index (κ2) is 5.59. The molecule has 0 N–H and O–H groups in total. The van der Waals surface area contributed by atoms with E-state index in [0.29, 0.717) is 5.92 Å². The predicted octanol–water partition coefficient (Wildman–Crippen LogP) is 2.44. The van der Waals surface area contributed by atoms with Gasteiger partial charge >= 0.3 is 0 Å². The molecule has 11 heavy (non-hydrogen) atoms. The second-order valence-electron chi connectivity index (χ2n) is 2.45. The van der Waals surface area contributed by atoms with E-state index in [1.54, 1.807) is 6.21 Å². The van der Waals surface area contributed by atoms with E-state index in [4.69, 9.17) is 0 Å². The van der Waals surface area contributed by atoms with E-state index in [2.05, 4.69) is 37.0 Å². The first-order chi connectivity index (χ1) is 5.18. The topological polar surface area (TPSA) is 24.7 Å². The Kier molecular flexibility index (Phi) is 4.99. The predicted molar refractivity (Wildman–Crippen MR) is 51.2 cm³/mol. The van der Waals surface area contributed by atoms with E-state index >= 15 is 0 Å². The molecule has 0 radical (unpaired) electrons. The molecular weight excluding hydrogens is 136 g/mol. The molecule has 0 bridgehead atoms. The summed E-state index contributed by atoms with van der Waals surface area (Å²) in [5.41, 5.74) is 1.00. The van der Waals surface area contributed by atoms with Gasteiger partial charge in [0.1, 0.15) is 6.34 Å². The van der Waals surface area contributed by atoms with Gasteiger partial charge in [-0.2, -0.15) is 0 Å². The van der Waals surface area contributed by atoms with Crippen LogP contribution in [0.3, 0.4) is 0 Å². The van der Waals surface area contributed by atoms with Crippen molar-refractivity contribution in [2.45, 2.75) is 13.8 Å². The number of rotatable bonds is 4. The van der Waals surface area contributed by atoms with Gasteiger partial charge in [0.15, 0.2) is 0 Å². The normalized spacial score (nSPS) is 11.5. The van der Waals surface area contributed by atoms with Gasteiger partial charge in [0.25, 0.3) is 0 Å². The van der Waals surface area contributed by atoms with Crippen molar-refractivity contribution in [1.29, 1.82) is 0 Å². The van der Waals surface area contributed by atoms with Gasteiger partial charge in [0.05, 0.1) is 0 Å². The first-order valence-corrected chi connectivity index (χ1v) is 3.53. The molecule has 0 heterocycles. The van der Waals surface area contributed by atoms with E-state index in [1.807, 2.05) is 0 Å². The van der Waals surface area contributed by atoms with Crippen LogP contribution in [0.15, 0.2) is 34.9 Å². The van der Waals surface area contributed by atoms with Gasteiger partial charge in [-0.3, -0.25) is 0 Å². The molecule has 0 saturated carbocycles. The van der Waals surface area contributed by atoms with Crippen molar-refractivity contribution in [1.82, 2.24) is 0 Å². The third-order valence-corrected chi connectivity index (χ3v) is 1.22. The van der Waals surface area contributed by atoms with Gasteiger partial charge in [0.2, 0.25) is 0 Å². The van der Waals surface area contributed by atoms with Crippen molar-refractivity contribution in [3.63, 3.8) is 0 Å². The molecule has 60 valence electrons. The van der Waals surface area contributed by atoms with Crippen molar-refractivity contribution in [2.24, 2.45) is 15.9 Å². The van der Waals surface area contributed by atoms with Crippen LogP contribution in [0.4, 0.5) is 0 Å². The third kappa shape index (κ3) is 5.27. The Morgan fingerprint density at radius 3 is 2.45 bits per heavy atom. The summed E-state index contributed by atoms with van der Waals surface area (Å²) < 4.78 is 0. The standard InChI is InChI=1S/C9H14N2/c1-5-10-7-11-6-9(4)8(2)3/h5-8H,1,4H2,2-3H3/b10-7+,11-6-. The average Bonchev–Trinajstić information content (AvgIpc) is 1.97. The highest BCUT2D eigenvalue weighted by molar-refractivity contribution is 5.84. The van der Waals surface area contributed by atoms with Crippen molar-refractivity contribution < 1.29 is 0 Å². The minimum Gasteiger partial charge on any atom is -0.246 e. The van der Waals surface area contributed by atoms with Gasteiger partial charge in [0, 0.05) is 12.4 Å². The van der Waals surface area contributed by atoms with Crippen LogP contribution < -0.4 is 0 Å². The molecule has 0 amide bonds. The summed E-state index contributed by atoms with van der Waals surface area (Å²) in [6.07, 6.45) is 4.59. The van der Waals surface area contributed by atoms with Gasteiger partial charge in [-0.1, -0.05) is 27.0 Å².